The van der Waals surface area contributed by atoms with Crippen molar-refractivity contribution in [2.24, 2.45) is 0 Å². The maximum Gasteiger partial charge on any atom is 0.411 e. The molecule has 3 nitrogen and oxygen atoms in total. The van der Waals surface area contributed by atoms with Crippen molar-refractivity contribution in [1.29, 1.82) is 0 Å². The first-order valence-electron chi connectivity index (χ1n) is 6.79. The molecule has 0 unspecified atom stereocenters. The number of nitrogens with zero attached hydrogens (tertiary/aromatic N) is 1. The lowest BCUT2D eigenvalue weighted by Gasteiger charge is -2.51. The van der Waals surface area contributed by atoms with Gasteiger partial charge >= 0.3 is 6.09 Å². The molecule has 1 aliphatic carbocycles. The predicted octanol–water partition coefficient (Wildman–Crippen LogP) is 3.42. The monoisotopic (exact) mass is 259 g/mol. The largest absolute Gasteiger partial charge is 0.440 e. The number of carbonyl (C=O) groups excluding carboxylic acids is 1. The minimum Gasteiger partial charge on any atom is -0.440 e. The van der Waals surface area contributed by atoms with Gasteiger partial charge in [0.1, 0.15) is 11.1 Å². The fraction of sp³-hybridized carbons (Fsp3) is 0.562. The van der Waals surface area contributed by atoms with Crippen LogP contribution in [0.2, 0.25) is 0 Å². The van der Waals surface area contributed by atoms with Crippen LogP contribution in [0.25, 0.3) is 0 Å². The zero-order chi connectivity index (χ0) is 14.1. The number of rotatable bonds is 0. The molecule has 1 saturated heterocycles. The van der Waals surface area contributed by atoms with Crippen molar-refractivity contribution in [3.63, 3.8) is 0 Å². The third-order valence-corrected chi connectivity index (χ3v) is 5.25. The van der Waals surface area contributed by atoms with Crippen LogP contribution < -0.4 is 0 Å². The lowest BCUT2D eigenvalue weighted by atomic mass is 9.59. The Morgan fingerprint density at radius 3 is 2.32 bits per heavy atom. The second-order valence-electron chi connectivity index (χ2n) is 6.84. The first-order valence-corrected chi connectivity index (χ1v) is 6.79. The average Bonchev–Trinajstić information content (AvgIpc) is 2.50. The van der Waals surface area contributed by atoms with Crippen LogP contribution in [-0.4, -0.2) is 23.6 Å². The van der Waals surface area contributed by atoms with Gasteiger partial charge in [-0.05, 0) is 36.8 Å². The van der Waals surface area contributed by atoms with E-state index in [9.17, 15) is 4.79 Å². The van der Waals surface area contributed by atoms with Crippen molar-refractivity contribution < 1.29 is 9.53 Å². The standard InChI is InChI=1S/C16H21NO2/c1-14(2)10-15(3)16(4,17(5)13(18)19-15)12-9-7-6-8-11(12)14/h6-9H,10H2,1-5H3/t15-,16-/m1/s1. The fourth-order valence-corrected chi connectivity index (χ4v) is 4.01. The summed E-state index contributed by atoms with van der Waals surface area (Å²) in [6, 6.07) is 8.43. The molecular formula is C16H21NO2. The number of hydrogen-bond acceptors (Lipinski definition) is 2. The summed E-state index contributed by atoms with van der Waals surface area (Å²) in [5.74, 6) is 0. The van der Waals surface area contributed by atoms with E-state index in [1.807, 2.05) is 13.1 Å². The Kier molecular flexibility index (Phi) is 2.19. The summed E-state index contributed by atoms with van der Waals surface area (Å²) in [5, 5.41) is 0. The lowest BCUT2D eigenvalue weighted by molar-refractivity contribution is -0.0262. The van der Waals surface area contributed by atoms with Gasteiger partial charge in [-0.3, -0.25) is 4.90 Å². The number of hydrogen-bond donors (Lipinski definition) is 0. The summed E-state index contributed by atoms with van der Waals surface area (Å²) in [6.45, 7) is 8.63. The van der Waals surface area contributed by atoms with E-state index < -0.39 is 11.1 Å². The average molecular weight is 259 g/mol. The second kappa shape index (κ2) is 3.33. The van der Waals surface area contributed by atoms with Gasteiger partial charge in [0.2, 0.25) is 0 Å². The molecular weight excluding hydrogens is 238 g/mol. The van der Waals surface area contributed by atoms with Crippen molar-refractivity contribution >= 4 is 6.09 Å². The number of fused-ring (bicyclic) bond motifs is 3. The topological polar surface area (TPSA) is 29.5 Å². The van der Waals surface area contributed by atoms with E-state index in [-0.39, 0.29) is 11.5 Å². The maximum absolute atomic E-state index is 12.1. The Morgan fingerprint density at radius 2 is 1.68 bits per heavy atom. The van der Waals surface area contributed by atoms with E-state index in [2.05, 4.69) is 45.9 Å². The molecule has 0 saturated carbocycles. The number of likely N-dealkylation sites (N-methyl/N-ethyl adjacent to an activating group) is 1. The third kappa shape index (κ3) is 1.31. The van der Waals surface area contributed by atoms with Crippen molar-refractivity contribution in [2.45, 2.75) is 50.7 Å². The van der Waals surface area contributed by atoms with Crippen LogP contribution in [0, 0.1) is 0 Å². The first-order chi connectivity index (χ1) is 8.72. The molecule has 102 valence electrons. The van der Waals surface area contributed by atoms with E-state index in [1.165, 1.54) is 11.1 Å². The van der Waals surface area contributed by atoms with Gasteiger partial charge in [0.15, 0.2) is 0 Å². The van der Waals surface area contributed by atoms with Gasteiger partial charge in [0.05, 0.1) is 0 Å². The van der Waals surface area contributed by atoms with Crippen molar-refractivity contribution in [2.75, 3.05) is 7.05 Å². The first kappa shape index (κ1) is 12.5. The summed E-state index contributed by atoms with van der Waals surface area (Å²) < 4.78 is 5.75. The molecule has 0 radical (unpaired) electrons. The fourth-order valence-electron chi connectivity index (χ4n) is 4.01. The molecule has 2 atom stereocenters. The summed E-state index contributed by atoms with van der Waals surface area (Å²) in [4.78, 5) is 13.8. The molecule has 3 rings (SSSR count). The highest BCUT2D eigenvalue weighted by Gasteiger charge is 2.64. The number of carbonyl (C=O) groups is 1. The summed E-state index contributed by atoms with van der Waals surface area (Å²) >= 11 is 0. The highest BCUT2D eigenvalue weighted by Crippen LogP contribution is 2.57. The summed E-state index contributed by atoms with van der Waals surface area (Å²) in [5.41, 5.74) is 1.67. The Hall–Kier alpha value is -1.51. The number of ether oxygens (including phenoxy) is 1. The van der Waals surface area contributed by atoms with Crippen molar-refractivity contribution in [3.8, 4) is 0 Å². The van der Waals surface area contributed by atoms with Crippen LogP contribution >= 0.6 is 0 Å². The van der Waals surface area contributed by atoms with Gasteiger partial charge in [-0.2, -0.15) is 0 Å². The summed E-state index contributed by atoms with van der Waals surface area (Å²) in [6.07, 6.45) is 0.612. The minimum atomic E-state index is -0.476. The Bertz CT molecular complexity index is 566. The molecule has 3 heteroatoms. The van der Waals surface area contributed by atoms with E-state index in [1.54, 1.807) is 4.90 Å². The molecule has 0 N–H and O–H groups in total. The van der Waals surface area contributed by atoms with Crippen LogP contribution in [0.4, 0.5) is 4.79 Å². The molecule has 1 heterocycles. The third-order valence-electron chi connectivity index (χ3n) is 5.25. The molecule has 0 aromatic heterocycles. The van der Waals surface area contributed by atoms with Crippen LogP contribution in [0.5, 0.6) is 0 Å². The highest BCUT2D eigenvalue weighted by molar-refractivity contribution is 5.74. The zero-order valence-electron chi connectivity index (χ0n) is 12.3. The number of benzene rings is 1. The predicted molar refractivity (Wildman–Crippen MR) is 74.1 cm³/mol. The highest BCUT2D eigenvalue weighted by atomic mass is 16.6. The van der Waals surface area contributed by atoms with E-state index in [0.717, 1.165) is 6.42 Å². The second-order valence-corrected chi connectivity index (χ2v) is 6.84. The van der Waals surface area contributed by atoms with Gasteiger partial charge in [-0.1, -0.05) is 38.1 Å². The summed E-state index contributed by atoms with van der Waals surface area (Å²) in [7, 11) is 1.84. The quantitative estimate of drug-likeness (QED) is 0.714. The van der Waals surface area contributed by atoms with Gasteiger partial charge < -0.3 is 4.74 Å². The maximum atomic E-state index is 12.1. The molecule has 1 amide bonds. The number of amides is 1. The van der Waals surface area contributed by atoms with Crippen molar-refractivity contribution in [1.82, 2.24) is 4.90 Å². The Morgan fingerprint density at radius 1 is 1.11 bits per heavy atom. The van der Waals surface area contributed by atoms with Gasteiger partial charge in [-0.25, -0.2) is 4.79 Å². The molecule has 1 fully saturated rings. The van der Waals surface area contributed by atoms with Crippen molar-refractivity contribution in [3.05, 3.63) is 35.4 Å². The van der Waals surface area contributed by atoms with Crippen LogP contribution in [0.3, 0.4) is 0 Å². The van der Waals surface area contributed by atoms with E-state index >= 15 is 0 Å². The van der Waals surface area contributed by atoms with E-state index in [0.29, 0.717) is 0 Å². The zero-order valence-corrected chi connectivity index (χ0v) is 12.3. The Labute approximate surface area is 114 Å². The lowest BCUT2D eigenvalue weighted by Crippen LogP contribution is -2.57. The molecule has 1 aromatic carbocycles. The van der Waals surface area contributed by atoms with Gasteiger partial charge in [0, 0.05) is 7.05 Å². The molecule has 1 aliphatic heterocycles. The minimum absolute atomic E-state index is 0.0102. The molecule has 0 bridgehead atoms. The van der Waals surface area contributed by atoms with Crippen LogP contribution in [0.1, 0.15) is 45.2 Å². The Balaban J connectivity index is 2.32. The molecule has 0 spiro atoms. The normalized spacial score (nSPS) is 35.6. The van der Waals surface area contributed by atoms with Crippen LogP contribution in [-0.2, 0) is 15.7 Å². The smallest absolute Gasteiger partial charge is 0.411 e. The molecule has 2 aliphatic rings. The van der Waals surface area contributed by atoms with Crippen LogP contribution in [0.15, 0.2) is 24.3 Å². The molecule has 19 heavy (non-hydrogen) atoms. The van der Waals surface area contributed by atoms with Gasteiger partial charge in [0.25, 0.3) is 0 Å². The SMILES string of the molecule is CN1C(=O)O[C@]2(C)CC(C)(C)c3ccccc3[C@@]12C. The van der Waals surface area contributed by atoms with E-state index in [4.69, 9.17) is 4.74 Å². The van der Waals surface area contributed by atoms with Gasteiger partial charge in [-0.15, -0.1) is 0 Å². The molecule has 1 aromatic rings.